The van der Waals surface area contributed by atoms with E-state index >= 15 is 0 Å². The van der Waals surface area contributed by atoms with E-state index in [1.165, 1.54) is 24.3 Å². The number of nitriles is 1. The monoisotopic (exact) mass is 278 g/mol. The van der Waals surface area contributed by atoms with Crippen molar-refractivity contribution in [2.45, 2.75) is 6.36 Å². The Morgan fingerprint density at radius 1 is 1.05 bits per heavy atom. The third-order valence-corrected chi connectivity index (χ3v) is 2.56. The van der Waals surface area contributed by atoms with Crippen molar-refractivity contribution in [3.63, 3.8) is 0 Å². The van der Waals surface area contributed by atoms with Gasteiger partial charge in [-0.1, -0.05) is 12.1 Å². The molecular formula is C14H9F3N2O. The molecule has 2 rings (SSSR count). The predicted molar refractivity (Wildman–Crippen MR) is 67.7 cm³/mol. The number of halogens is 3. The first-order valence-electron chi connectivity index (χ1n) is 5.55. The molecule has 0 heterocycles. The van der Waals surface area contributed by atoms with Gasteiger partial charge in [-0.3, -0.25) is 0 Å². The Labute approximate surface area is 113 Å². The highest BCUT2D eigenvalue weighted by molar-refractivity contribution is 5.74. The first-order valence-corrected chi connectivity index (χ1v) is 5.55. The second-order valence-electron chi connectivity index (χ2n) is 3.99. The summed E-state index contributed by atoms with van der Waals surface area (Å²) < 4.78 is 39.9. The minimum Gasteiger partial charge on any atom is -0.406 e. The molecule has 2 aromatic carbocycles. The van der Waals surface area contributed by atoms with E-state index in [0.717, 1.165) is 0 Å². The van der Waals surface area contributed by atoms with Gasteiger partial charge in [0.05, 0.1) is 11.6 Å². The van der Waals surface area contributed by atoms with E-state index in [-0.39, 0.29) is 5.75 Å². The normalized spacial score (nSPS) is 10.9. The molecule has 20 heavy (non-hydrogen) atoms. The number of alkyl halides is 3. The van der Waals surface area contributed by atoms with Gasteiger partial charge in [0.15, 0.2) is 0 Å². The Morgan fingerprint density at radius 2 is 1.70 bits per heavy atom. The van der Waals surface area contributed by atoms with Crippen LogP contribution >= 0.6 is 0 Å². The van der Waals surface area contributed by atoms with Crippen molar-refractivity contribution in [1.82, 2.24) is 0 Å². The van der Waals surface area contributed by atoms with Crippen molar-refractivity contribution in [1.29, 1.82) is 5.26 Å². The van der Waals surface area contributed by atoms with Crippen molar-refractivity contribution >= 4 is 5.69 Å². The highest BCUT2D eigenvalue weighted by Crippen LogP contribution is 2.29. The van der Waals surface area contributed by atoms with Crippen LogP contribution in [0.1, 0.15) is 5.56 Å². The van der Waals surface area contributed by atoms with Gasteiger partial charge in [-0.2, -0.15) is 5.26 Å². The highest BCUT2D eigenvalue weighted by atomic mass is 19.4. The molecule has 102 valence electrons. The van der Waals surface area contributed by atoms with Crippen LogP contribution < -0.4 is 10.5 Å². The van der Waals surface area contributed by atoms with E-state index in [0.29, 0.717) is 22.4 Å². The van der Waals surface area contributed by atoms with E-state index in [1.807, 2.05) is 6.07 Å². The van der Waals surface area contributed by atoms with Crippen molar-refractivity contribution in [3.05, 3.63) is 48.0 Å². The number of nitrogens with zero attached hydrogens (tertiary/aromatic N) is 1. The lowest BCUT2D eigenvalue weighted by Gasteiger charge is -2.10. The largest absolute Gasteiger partial charge is 0.573 e. The van der Waals surface area contributed by atoms with Crippen molar-refractivity contribution in [2.75, 3.05) is 5.73 Å². The Bertz CT molecular complexity index is 658. The van der Waals surface area contributed by atoms with Gasteiger partial charge < -0.3 is 10.5 Å². The van der Waals surface area contributed by atoms with Crippen LogP contribution in [-0.4, -0.2) is 6.36 Å². The molecule has 0 saturated heterocycles. The number of nitrogen functional groups attached to an aromatic ring is 1. The summed E-state index contributed by atoms with van der Waals surface area (Å²) in [5.41, 5.74) is 7.66. The number of hydrogen-bond acceptors (Lipinski definition) is 3. The minimum atomic E-state index is -4.73. The SMILES string of the molecule is N#Cc1ccc(N)cc1-c1ccc(OC(F)(F)F)cc1. The molecule has 3 nitrogen and oxygen atoms in total. The molecule has 2 aromatic rings. The molecule has 0 atom stereocenters. The molecule has 0 aromatic heterocycles. The molecule has 0 saturated carbocycles. The molecule has 0 fully saturated rings. The van der Waals surface area contributed by atoms with Gasteiger partial charge in [-0.25, -0.2) is 0 Å². The zero-order valence-corrected chi connectivity index (χ0v) is 10.1. The van der Waals surface area contributed by atoms with Crippen LogP contribution in [-0.2, 0) is 0 Å². The van der Waals surface area contributed by atoms with Crippen LogP contribution in [0.5, 0.6) is 5.75 Å². The second-order valence-corrected chi connectivity index (χ2v) is 3.99. The second kappa shape index (κ2) is 5.13. The lowest BCUT2D eigenvalue weighted by atomic mass is 10.00. The molecule has 0 spiro atoms. The fourth-order valence-electron chi connectivity index (χ4n) is 1.73. The van der Waals surface area contributed by atoms with Gasteiger partial charge >= 0.3 is 6.36 Å². The topological polar surface area (TPSA) is 59.0 Å². The van der Waals surface area contributed by atoms with E-state index in [2.05, 4.69) is 4.74 Å². The summed E-state index contributed by atoms with van der Waals surface area (Å²) in [6.45, 7) is 0. The zero-order valence-electron chi connectivity index (χ0n) is 10.1. The summed E-state index contributed by atoms with van der Waals surface area (Å²) in [5, 5.41) is 9.01. The van der Waals surface area contributed by atoms with Gasteiger partial charge in [-0.15, -0.1) is 13.2 Å². The molecule has 2 N–H and O–H groups in total. The number of hydrogen-bond donors (Lipinski definition) is 1. The highest BCUT2D eigenvalue weighted by Gasteiger charge is 2.30. The minimum absolute atomic E-state index is 0.316. The van der Waals surface area contributed by atoms with E-state index in [1.54, 1.807) is 18.2 Å². The van der Waals surface area contributed by atoms with E-state index in [4.69, 9.17) is 11.0 Å². The predicted octanol–water partition coefficient (Wildman–Crippen LogP) is 3.71. The Hall–Kier alpha value is -2.68. The van der Waals surface area contributed by atoms with E-state index in [9.17, 15) is 13.2 Å². The lowest BCUT2D eigenvalue weighted by molar-refractivity contribution is -0.274. The molecule has 0 amide bonds. The number of nitrogens with two attached hydrogens (primary N) is 1. The molecule has 0 unspecified atom stereocenters. The summed E-state index contributed by atoms with van der Waals surface area (Å²) >= 11 is 0. The molecule has 0 aliphatic rings. The number of benzene rings is 2. The van der Waals surface area contributed by atoms with Crippen LogP contribution in [0, 0.1) is 11.3 Å². The van der Waals surface area contributed by atoms with Crippen LogP contribution in [0.25, 0.3) is 11.1 Å². The molecule has 0 radical (unpaired) electrons. The van der Waals surface area contributed by atoms with Crippen molar-refractivity contribution in [3.8, 4) is 22.9 Å². The Morgan fingerprint density at radius 3 is 2.25 bits per heavy atom. The quantitative estimate of drug-likeness (QED) is 0.852. The summed E-state index contributed by atoms with van der Waals surface area (Å²) in [7, 11) is 0. The smallest absolute Gasteiger partial charge is 0.406 e. The van der Waals surface area contributed by atoms with Crippen molar-refractivity contribution < 1.29 is 17.9 Å². The lowest BCUT2D eigenvalue weighted by Crippen LogP contribution is -2.16. The maximum Gasteiger partial charge on any atom is 0.573 e. The standard InChI is InChI=1S/C14H9F3N2O/c15-14(16,17)20-12-5-2-9(3-6-12)13-7-11(19)4-1-10(13)8-18/h1-7H,19H2. The molecular weight excluding hydrogens is 269 g/mol. The van der Waals surface area contributed by atoms with E-state index < -0.39 is 6.36 Å². The van der Waals surface area contributed by atoms with Crippen LogP contribution in [0.4, 0.5) is 18.9 Å². The molecule has 0 aliphatic carbocycles. The first-order chi connectivity index (χ1) is 9.39. The first kappa shape index (κ1) is 13.7. The number of anilines is 1. The molecule has 6 heteroatoms. The van der Waals surface area contributed by atoms with Gasteiger partial charge in [0.1, 0.15) is 5.75 Å². The summed E-state index contributed by atoms with van der Waals surface area (Å²) in [5.74, 6) is -0.316. The third-order valence-electron chi connectivity index (χ3n) is 2.56. The van der Waals surface area contributed by atoms with Crippen LogP contribution in [0.15, 0.2) is 42.5 Å². The fraction of sp³-hybridized carbons (Fsp3) is 0.0714. The third kappa shape index (κ3) is 3.20. The molecule has 0 bridgehead atoms. The number of rotatable bonds is 2. The molecule has 0 aliphatic heterocycles. The van der Waals surface area contributed by atoms with Gasteiger partial charge in [0.25, 0.3) is 0 Å². The Kier molecular flexibility index (Phi) is 3.53. The summed E-state index contributed by atoms with van der Waals surface area (Å²) in [6.07, 6.45) is -4.73. The van der Waals surface area contributed by atoms with Crippen LogP contribution in [0.2, 0.25) is 0 Å². The van der Waals surface area contributed by atoms with Gasteiger partial charge in [0, 0.05) is 11.3 Å². The fourth-order valence-corrected chi connectivity index (χ4v) is 1.73. The maximum absolute atomic E-state index is 12.1. The Balaban J connectivity index is 2.36. The summed E-state index contributed by atoms with van der Waals surface area (Å²) in [6, 6.07) is 12.0. The number of ether oxygens (including phenoxy) is 1. The van der Waals surface area contributed by atoms with Gasteiger partial charge in [0.2, 0.25) is 0 Å². The van der Waals surface area contributed by atoms with Crippen molar-refractivity contribution in [2.24, 2.45) is 0 Å². The average molecular weight is 278 g/mol. The average Bonchev–Trinajstić information content (AvgIpc) is 2.38. The zero-order chi connectivity index (χ0) is 14.8. The maximum atomic E-state index is 12.1. The van der Waals surface area contributed by atoms with Crippen LogP contribution in [0.3, 0.4) is 0 Å². The van der Waals surface area contributed by atoms with Gasteiger partial charge in [-0.05, 0) is 35.9 Å². The summed E-state index contributed by atoms with van der Waals surface area (Å²) in [4.78, 5) is 0.